The monoisotopic (exact) mass is 246 g/mol. The number of nitrogens with zero attached hydrogens (tertiary/aromatic N) is 1. The van der Waals surface area contributed by atoms with Gasteiger partial charge in [0, 0.05) is 30.9 Å². The van der Waals surface area contributed by atoms with Gasteiger partial charge in [-0.3, -0.25) is 4.79 Å². The van der Waals surface area contributed by atoms with Gasteiger partial charge in [-0.25, -0.2) is 0 Å². The number of benzene rings is 1. The Bertz CT molecular complexity index is 467. The van der Waals surface area contributed by atoms with Crippen LogP contribution >= 0.6 is 0 Å². The van der Waals surface area contributed by atoms with Crippen LogP contribution in [0, 0.1) is 0 Å². The summed E-state index contributed by atoms with van der Waals surface area (Å²) in [6.07, 6.45) is 3.32. The second kappa shape index (κ2) is 4.61. The van der Waals surface area contributed by atoms with Crippen molar-refractivity contribution in [3.63, 3.8) is 0 Å². The highest BCUT2D eigenvalue weighted by Gasteiger charge is 2.30. The van der Waals surface area contributed by atoms with Gasteiger partial charge in [0.25, 0.3) is 0 Å². The number of nitrogens with one attached hydrogen (secondary N) is 1. The lowest BCUT2D eigenvalue weighted by Gasteiger charge is -2.30. The SMILES string of the molecule is O=C(O)C1NCCc2cccc(N3CCCC3)c21. The van der Waals surface area contributed by atoms with E-state index in [2.05, 4.69) is 28.4 Å². The number of anilines is 1. The molecule has 1 atom stereocenters. The van der Waals surface area contributed by atoms with Crippen molar-refractivity contribution < 1.29 is 9.90 Å². The molecule has 2 aliphatic heterocycles. The van der Waals surface area contributed by atoms with Crippen LogP contribution in [-0.4, -0.2) is 30.7 Å². The zero-order valence-corrected chi connectivity index (χ0v) is 10.4. The molecule has 1 fully saturated rings. The molecule has 1 saturated heterocycles. The summed E-state index contributed by atoms with van der Waals surface area (Å²) in [5.41, 5.74) is 3.29. The molecule has 2 aliphatic rings. The van der Waals surface area contributed by atoms with E-state index in [9.17, 15) is 9.90 Å². The summed E-state index contributed by atoms with van der Waals surface area (Å²) in [6, 6.07) is 5.63. The normalized spacial score (nSPS) is 22.9. The predicted molar refractivity (Wildman–Crippen MR) is 70.0 cm³/mol. The highest BCUT2D eigenvalue weighted by atomic mass is 16.4. The molecule has 0 aromatic heterocycles. The first-order valence-corrected chi connectivity index (χ1v) is 6.60. The van der Waals surface area contributed by atoms with Gasteiger partial charge in [-0.15, -0.1) is 0 Å². The fourth-order valence-electron chi connectivity index (χ4n) is 3.05. The van der Waals surface area contributed by atoms with Gasteiger partial charge < -0.3 is 15.3 Å². The number of rotatable bonds is 2. The average molecular weight is 246 g/mol. The minimum absolute atomic E-state index is 0.550. The fourth-order valence-corrected chi connectivity index (χ4v) is 3.05. The molecule has 0 aliphatic carbocycles. The Morgan fingerprint density at radius 2 is 2.11 bits per heavy atom. The lowest BCUT2D eigenvalue weighted by Crippen LogP contribution is -2.36. The van der Waals surface area contributed by atoms with E-state index in [4.69, 9.17) is 0 Å². The topological polar surface area (TPSA) is 52.6 Å². The molecule has 96 valence electrons. The van der Waals surface area contributed by atoms with Crippen molar-refractivity contribution in [1.82, 2.24) is 5.32 Å². The second-order valence-electron chi connectivity index (χ2n) is 5.02. The summed E-state index contributed by atoms with van der Waals surface area (Å²) in [6.45, 7) is 2.83. The molecule has 1 aromatic carbocycles. The molecule has 0 saturated carbocycles. The van der Waals surface area contributed by atoms with Crippen LogP contribution < -0.4 is 10.2 Å². The largest absolute Gasteiger partial charge is 0.480 e. The van der Waals surface area contributed by atoms with Gasteiger partial charge in [-0.2, -0.15) is 0 Å². The first kappa shape index (κ1) is 11.5. The third-order valence-electron chi connectivity index (χ3n) is 3.90. The number of fused-ring (bicyclic) bond motifs is 1. The Balaban J connectivity index is 2.06. The van der Waals surface area contributed by atoms with Crippen LogP contribution in [0.4, 0.5) is 5.69 Å². The Morgan fingerprint density at radius 1 is 1.33 bits per heavy atom. The van der Waals surface area contributed by atoms with Gasteiger partial charge >= 0.3 is 5.97 Å². The average Bonchev–Trinajstić information content (AvgIpc) is 2.91. The number of hydrogen-bond acceptors (Lipinski definition) is 3. The van der Waals surface area contributed by atoms with Gasteiger partial charge in [0.1, 0.15) is 6.04 Å². The minimum Gasteiger partial charge on any atom is -0.480 e. The summed E-state index contributed by atoms with van der Waals surface area (Å²) >= 11 is 0. The molecule has 4 nitrogen and oxygen atoms in total. The molecular weight excluding hydrogens is 228 g/mol. The molecule has 1 unspecified atom stereocenters. The lowest BCUT2D eigenvalue weighted by atomic mass is 9.92. The van der Waals surface area contributed by atoms with Gasteiger partial charge in [0.15, 0.2) is 0 Å². The van der Waals surface area contributed by atoms with Gasteiger partial charge in [0.2, 0.25) is 0 Å². The van der Waals surface area contributed by atoms with E-state index in [0.29, 0.717) is 0 Å². The smallest absolute Gasteiger partial charge is 0.325 e. The first-order chi connectivity index (χ1) is 8.77. The van der Waals surface area contributed by atoms with Crippen LogP contribution in [0.5, 0.6) is 0 Å². The third-order valence-corrected chi connectivity index (χ3v) is 3.90. The van der Waals surface area contributed by atoms with Crippen molar-refractivity contribution in [3.8, 4) is 0 Å². The van der Waals surface area contributed by atoms with Crippen LogP contribution in [-0.2, 0) is 11.2 Å². The Labute approximate surface area is 107 Å². The molecule has 4 heteroatoms. The first-order valence-electron chi connectivity index (χ1n) is 6.60. The second-order valence-corrected chi connectivity index (χ2v) is 5.02. The van der Waals surface area contributed by atoms with E-state index in [1.165, 1.54) is 18.4 Å². The number of carbonyl (C=O) groups is 1. The van der Waals surface area contributed by atoms with Crippen molar-refractivity contribution in [2.75, 3.05) is 24.5 Å². The lowest BCUT2D eigenvalue weighted by molar-refractivity contribution is -0.139. The molecule has 3 rings (SSSR count). The van der Waals surface area contributed by atoms with Crippen molar-refractivity contribution in [1.29, 1.82) is 0 Å². The van der Waals surface area contributed by atoms with Gasteiger partial charge in [-0.1, -0.05) is 12.1 Å². The maximum Gasteiger partial charge on any atom is 0.325 e. The van der Waals surface area contributed by atoms with Crippen molar-refractivity contribution >= 4 is 11.7 Å². The number of hydrogen-bond donors (Lipinski definition) is 2. The van der Waals surface area contributed by atoms with Crippen molar-refractivity contribution in [2.45, 2.75) is 25.3 Å². The summed E-state index contributed by atoms with van der Waals surface area (Å²) < 4.78 is 0. The van der Waals surface area contributed by atoms with Gasteiger partial charge in [0.05, 0.1) is 0 Å². The van der Waals surface area contributed by atoms with E-state index in [0.717, 1.165) is 37.3 Å². The van der Waals surface area contributed by atoms with Crippen LogP contribution in [0.1, 0.15) is 30.0 Å². The number of aliphatic carboxylic acids is 1. The van der Waals surface area contributed by atoms with E-state index >= 15 is 0 Å². The summed E-state index contributed by atoms with van der Waals surface area (Å²) in [4.78, 5) is 13.7. The fraction of sp³-hybridized carbons (Fsp3) is 0.500. The molecule has 0 bridgehead atoms. The molecule has 2 heterocycles. The number of carboxylic acids is 1. The van der Waals surface area contributed by atoms with E-state index < -0.39 is 12.0 Å². The summed E-state index contributed by atoms with van der Waals surface area (Å²) in [5.74, 6) is -0.775. The van der Waals surface area contributed by atoms with E-state index in [1.807, 2.05) is 0 Å². The Hall–Kier alpha value is -1.55. The highest BCUT2D eigenvalue weighted by molar-refractivity contribution is 5.80. The van der Waals surface area contributed by atoms with Crippen molar-refractivity contribution in [2.24, 2.45) is 0 Å². The zero-order chi connectivity index (χ0) is 12.5. The molecule has 1 aromatic rings. The molecule has 2 N–H and O–H groups in total. The molecule has 18 heavy (non-hydrogen) atoms. The summed E-state index contributed by atoms with van der Waals surface area (Å²) in [5, 5.41) is 12.5. The Kier molecular flexibility index (Phi) is 2.96. The highest BCUT2D eigenvalue weighted by Crippen LogP contribution is 2.34. The zero-order valence-electron chi connectivity index (χ0n) is 10.4. The Morgan fingerprint density at radius 3 is 2.83 bits per heavy atom. The summed E-state index contributed by atoms with van der Waals surface area (Å²) in [7, 11) is 0. The van der Waals surface area contributed by atoms with Crippen LogP contribution in [0.2, 0.25) is 0 Å². The minimum atomic E-state index is -0.775. The quantitative estimate of drug-likeness (QED) is 0.831. The standard InChI is InChI=1S/C14H18N2O2/c17-14(18)13-12-10(6-7-15-13)4-3-5-11(12)16-8-1-2-9-16/h3-5,13,15H,1-2,6-9H2,(H,17,18). The van der Waals surface area contributed by atoms with Crippen LogP contribution in [0.25, 0.3) is 0 Å². The maximum absolute atomic E-state index is 11.4. The van der Waals surface area contributed by atoms with Crippen LogP contribution in [0.15, 0.2) is 18.2 Å². The van der Waals surface area contributed by atoms with Gasteiger partial charge in [-0.05, 0) is 30.9 Å². The molecule has 0 radical (unpaired) electrons. The molecule has 0 amide bonds. The predicted octanol–water partition coefficient (Wildman–Crippen LogP) is 1.56. The van der Waals surface area contributed by atoms with E-state index in [1.54, 1.807) is 0 Å². The molecular formula is C14H18N2O2. The van der Waals surface area contributed by atoms with Crippen LogP contribution in [0.3, 0.4) is 0 Å². The third kappa shape index (κ3) is 1.86. The maximum atomic E-state index is 11.4. The molecule has 0 spiro atoms. The van der Waals surface area contributed by atoms with E-state index in [-0.39, 0.29) is 0 Å². The van der Waals surface area contributed by atoms with Crippen molar-refractivity contribution in [3.05, 3.63) is 29.3 Å². The number of carboxylic acid groups (broad SMARTS) is 1.